The van der Waals surface area contributed by atoms with Gasteiger partial charge in [0, 0.05) is 10.0 Å². The fourth-order valence-electron chi connectivity index (χ4n) is 2.35. The molecule has 0 radical (unpaired) electrons. The molecule has 2 rings (SSSR count). The maximum atomic E-state index is 5.50. The van der Waals surface area contributed by atoms with Crippen molar-refractivity contribution in [3.63, 3.8) is 0 Å². The molecular weight excluding hydrogens is 330 g/mol. The Morgan fingerprint density at radius 1 is 1.14 bits per heavy atom. The standard InChI is InChI=1S/C17H20BrNO2/c1-4-21-14-8-5-12(6-9-14)17(19-2)15-10-7-13(18)11-16(15)20-3/h5-11,17,19H,4H2,1-3H3. The topological polar surface area (TPSA) is 30.5 Å². The van der Waals surface area contributed by atoms with E-state index < -0.39 is 0 Å². The summed E-state index contributed by atoms with van der Waals surface area (Å²) in [6, 6.07) is 14.3. The number of benzene rings is 2. The summed E-state index contributed by atoms with van der Waals surface area (Å²) in [7, 11) is 3.64. The van der Waals surface area contributed by atoms with Crippen LogP contribution in [0.25, 0.3) is 0 Å². The Labute approximate surface area is 134 Å². The second-order valence-corrected chi connectivity index (χ2v) is 5.53. The van der Waals surface area contributed by atoms with Gasteiger partial charge >= 0.3 is 0 Å². The highest BCUT2D eigenvalue weighted by Gasteiger charge is 2.16. The van der Waals surface area contributed by atoms with Crippen LogP contribution in [0.5, 0.6) is 11.5 Å². The Hall–Kier alpha value is -1.52. The number of methoxy groups -OCH3 is 1. The van der Waals surface area contributed by atoms with E-state index in [1.807, 2.05) is 38.2 Å². The minimum Gasteiger partial charge on any atom is -0.496 e. The van der Waals surface area contributed by atoms with Gasteiger partial charge in [0.2, 0.25) is 0 Å². The van der Waals surface area contributed by atoms with Crippen molar-refractivity contribution in [2.24, 2.45) is 0 Å². The Kier molecular flexibility index (Phi) is 5.65. The van der Waals surface area contributed by atoms with Crippen molar-refractivity contribution in [2.75, 3.05) is 20.8 Å². The molecule has 0 amide bonds. The molecular formula is C17H20BrNO2. The summed E-state index contributed by atoms with van der Waals surface area (Å²) in [5.41, 5.74) is 2.27. The zero-order valence-electron chi connectivity index (χ0n) is 12.5. The third-order valence-electron chi connectivity index (χ3n) is 3.32. The molecule has 1 atom stereocenters. The van der Waals surface area contributed by atoms with Crippen LogP contribution in [0.2, 0.25) is 0 Å². The minimum atomic E-state index is 0.0729. The molecule has 0 heterocycles. The smallest absolute Gasteiger partial charge is 0.125 e. The van der Waals surface area contributed by atoms with Crippen LogP contribution in [-0.4, -0.2) is 20.8 Å². The third kappa shape index (κ3) is 3.77. The number of nitrogens with one attached hydrogen (secondary N) is 1. The van der Waals surface area contributed by atoms with E-state index in [9.17, 15) is 0 Å². The first-order chi connectivity index (χ1) is 10.2. The molecule has 1 N–H and O–H groups in total. The largest absolute Gasteiger partial charge is 0.496 e. The predicted octanol–water partition coefficient (Wildman–Crippen LogP) is 4.17. The molecule has 21 heavy (non-hydrogen) atoms. The van der Waals surface area contributed by atoms with E-state index in [0.717, 1.165) is 21.5 Å². The monoisotopic (exact) mass is 349 g/mol. The van der Waals surface area contributed by atoms with Gasteiger partial charge in [-0.15, -0.1) is 0 Å². The fraction of sp³-hybridized carbons (Fsp3) is 0.294. The SMILES string of the molecule is CCOc1ccc(C(NC)c2ccc(Br)cc2OC)cc1. The maximum absolute atomic E-state index is 5.50. The van der Waals surface area contributed by atoms with Gasteiger partial charge in [0.05, 0.1) is 19.8 Å². The van der Waals surface area contributed by atoms with Gasteiger partial charge in [0.1, 0.15) is 11.5 Å². The van der Waals surface area contributed by atoms with Gasteiger partial charge in [-0.1, -0.05) is 34.1 Å². The van der Waals surface area contributed by atoms with Gasteiger partial charge < -0.3 is 14.8 Å². The summed E-state index contributed by atoms with van der Waals surface area (Å²) < 4.78 is 12.0. The molecule has 0 aliphatic rings. The van der Waals surface area contributed by atoms with E-state index >= 15 is 0 Å². The van der Waals surface area contributed by atoms with Gasteiger partial charge in [0.15, 0.2) is 0 Å². The second-order valence-electron chi connectivity index (χ2n) is 4.61. The van der Waals surface area contributed by atoms with Crippen LogP contribution in [0.15, 0.2) is 46.9 Å². The first kappa shape index (κ1) is 15.9. The highest BCUT2D eigenvalue weighted by Crippen LogP contribution is 2.32. The first-order valence-corrected chi connectivity index (χ1v) is 7.72. The molecule has 3 nitrogen and oxygen atoms in total. The molecule has 112 valence electrons. The maximum Gasteiger partial charge on any atom is 0.125 e. The zero-order chi connectivity index (χ0) is 15.2. The second kappa shape index (κ2) is 7.48. The van der Waals surface area contributed by atoms with Crippen LogP contribution < -0.4 is 14.8 Å². The highest BCUT2D eigenvalue weighted by atomic mass is 79.9. The molecule has 0 saturated carbocycles. The normalized spacial score (nSPS) is 12.0. The Balaban J connectivity index is 2.35. The van der Waals surface area contributed by atoms with Crippen molar-refractivity contribution in [1.29, 1.82) is 0 Å². The molecule has 0 fully saturated rings. The van der Waals surface area contributed by atoms with Crippen LogP contribution in [0.3, 0.4) is 0 Å². The summed E-state index contributed by atoms with van der Waals surface area (Å²) in [6.07, 6.45) is 0. The zero-order valence-corrected chi connectivity index (χ0v) is 14.1. The highest BCUT2D eigenvalue weighted by molar-refractivity contribution is 9.10. The van der Waals surface area contributed by atoms with Crippen molar-refractivity contribution < 1.29 is 9.47 Å². The van der Waals surface area contributed by atoms with Gasteiger partial charge in [-0.25, -0.2) is 0 Å². The number of halogens is 1. The van der Waals surface area contributed by atoms with Crippen molar-refractivity contribution in [2.45, 2.75) is 13.0 Å². The number of hydrogen-bond acceptors (Lipinski definition) is 3. The van der Waals surface area contributed by atoms with Crippen LogP contribution in [0.4, 0.5) is 0 Å². The first-order valence-electron chi connectivity index (χ1n) is 6.93. The van der Waals surface area contributed by atoms with Crippen molar-refractivity contribution in [3.05, 3.63) is 58.1 Å². The quantitative estimate of drug-likeness (QED) is 0.848. The fourth-order valence-corrected chi connectivity index (χ4v) is 2.69. The lowest BCUT2D eigenvalue weighted by atomic mass is 9.98. The summed E-state index contributed by atoms with van der Waals surface area (Å²) in [5.74, 6) is 1.75. The van der Waals surface area contributed by atoms with E-state index in [4.69, 9.17) is 9.47 Å². The Morgan fingerprint density at radius 2 is 1.86 bits per heavy atom. The molecule has 0 saturated heterocycles. The molecule has 0 aliphatic carbocycles. The van der Waals surface area contributed by atoms with Gasteiger partial charge in [-0.2, -0.15) is 0 Å². The average molecular weight is 350 g/mol. The van der Waals surface area contributed by atoms with E-state index in [0.29, 0.717) is 6.61 Å². The van der Waals surface area contributed by atoms with Crippen LogP contribution in [-0.2, 0) is 0 Å². The summed E-state index contributed by atoms with van der Waals surface area (Å²) >= 11 is 3.47. The number of hydrogen-bond donors (Lipinski definition) is 1. The van der Waals surface area contributed by atoms with Crippen molar-refractivity contribution >= 4 is 15.9 Å². The van der Waals surface area contributed by atoms with Gasteiger partial charge in [-0.05, 0) is 43.8 Å². The Morgan fingerprint density at radius 3 is 2.43 bits per heavy atom. The molecule has 0 aromatic heterocycles. The van der Waals surface area contributed by atoms with Crippen LogP contribution in [0, 0.1) is 0 Å². The molecule has 0 spiro atoms. The molecule has 1 unspecified atom stereocenters. The predicted molar refractivity (Wildman–Crippen MR) is 89.2 cm³/mol. The number of rotatable bonds is 6. The van der Waals surface area contributed by atoms with Crippen molar-refractivity contribution in [3.8, 4) is 11.5 Å². The lowest BCUT2D eigenvalue weighted by Gasteiger charge is -2.20. The molecule has 0 bridgehead atoms. The van der Waals surface area contributed by atoms with Gasteiger partial charge in [-0.3, -0.25) is 0 Å². The third-order valence-corrected chi connectivity index (χ3v) is 3.81. The number of ether oxygens (including phenoxy) is 2. The average Bonchev–Trinajstić information content (AvgIpc) is 2.51. The van der Waals surface area contributed by atoms with E-state index in [2.05, 4.69) is 39.4 Å². The van der Waals surface area contributed by atoms with E-state index in [-0.39, 0.29) is 6.04 Å². The van der Waals surface area contributed by atoms with Crippen molar-refractivity contribution in [1.82, 2.24) is 5.32 Å². The molecule has 2 aromatic rings. The Bertz CT molecular complexity index is 584. The molecule has 0 aliphatic heterocycles. The summed E-state index contributed by atoms with van der Waals surface area (Å²) in [6.45, 7) is 2.66. The molecule has 2 aromatic carbocycles. The molecule has 4 heteroatoms. The van der Waals surface area contributed by atoms with E-state index in [1.165, 1.54) is 5.56 Å². The van der Waals surface area contributed by atoms with E-state index in [1.54, 1.807) is 7.11 Å². The minimum absolute atomic E-state index is 0.0729. The lowest BCUT2D eigenvalue weighted by Crippen LogP contribution is -2.18. The van der Waals surface area contributed by atoms with Gasteiger partial charge in [0.25, 0.3) is 0 Å². The summed E-state index contributed by atoms with van der Waals surface area (Å²) in [5, 5.41) is 3.34. The van der Waals surface area contributed by atoms with Crippen LogP contribution in [0.1, 0.15) is 24.1 Å². The summed E-state index contributed by atoms with van der Waals surface area (Å²) in [4.78, 5) is 0. The van der Waals surface area contributed by atoms with Crippen LogP contribution >= 0.6 is 15.9 Å². The lowest BCUT2D eigenvalue weighted by molar-refractivity contribution is 0.340.